The monoisotopic (exact) mass is 289 g/mol. The molecule has 4 heteroatoms. The number of aromatic amines is 2. The van der Waals surface area contributed by atoms with Gasteiger partial charge in [-0.15, -0.1) is 0 Å². The first kappa shape index (κ1) is 12.7. The Kier molecular flexibility index (Phi) is 2.93. The van der Waals surface area contributed by atoms with E-state index in [0.717, 1.165) is 22.3 Å². The van der Waals surface area contributed by atoms with E-state index in [1.165, 1.54) is 10.9 Å². The second-order valence-electron chi connectivity index (χ2n) is 5.17. The van der Waals surface area contributed by atoms with Crippen molar-refractivity contribution >= 4 is 10.9 Å². The van der Waals surface area contributed by atoms with Gasteiger partial charge in [-0.25, -0.2) is 4.98 Å². The highest BCUT2D eigenvalue weighted by Gasteiger charge is 2.06. The molecule has 3 heterocycles. The van der Waals surface area contributed by atoms with Gasteiger partial charge in [-0.3, -0.25) is 0 Å². The number of hydrogen-bond acceptors (Lipinski definition) is 2. The fourth-order valence-electron chi connectivity index (χ4n) is 2.62. The van der Waals surface area contributed by atoms with Gasteiger partial charge >= 0.3 is 0 Å². The Hall–Kier alpha value is -3.01. The number of aromatic nitrogens is 3. The van der Waals surface area contributed by atoms with Crippen LogP contribution in [0.25, 0.3) is 33.3 Å². The quantitative estimate of drug-likeness (QED) is 0.593. The van der Waals surface area contributed by atoms with Crippen LogP contribution in [0.3, 0.4) is 0 Å². The van der Waals surface area contributed by atoms with Crippen LogP contribution in [0.1, 0.15) is 0 Å². The standard InChI is InChI=1S/C18H15N3O/c1-22-18-5-3-14(10-21-18)17-9-15(11-20-17)12-2-4-16-13(8-12)6-7-19-16/h2-11,19-20H,1H3. The van der Waals surface area contributed by atoms with Gasteiger partial charge in [-0.05, 0) is 46.8 Å². The van der Waals surface area contributed by atoms with Crippen LogP contribution in [-0.4, -0.2) is 22.1 Å². The van der Waals surface area contributed by atoms with Crippen molar-refractivity contribution in [2.45, 2.75) is 0 Å². The topological polar surface area (TPSA) is 53.7 Å². The number of nitrogens with zero attached hydrogens (tertiary/aromatic N) is 1. The molecule has 0 aliphatic rings. The fraction of sp³-hybridized carbons (Fsp3) is 0.0556. The summed E-state index contributed by atoms with van der Waals surface area (Å²) in [5, 5.41) is 1.21. The van der Waals surface area contributed by atoms with E-state index in [9.17, 15) is 0 Å². The Bertz CT molecular complexity index is 919. The summed E-state index contributed by atoms with van der Waals surface area (Å²) in [7, 11) is 1.62. The molecule has 0 saturated heterocycles. The van der Waals surface area contributed by atoms with Crippen molar-refractivity contribution in [1.29, 1.82) is 0 Å². The molecule has 0 aliphatic heterocycles. The lowest BCUT2D eigenvalue weighted by molar-refractivity contribution is 0.398. The van der Waals surface area contributed by atoms with Crippen LogP contribution in [0.2, 0.25) is 0 Å². The number of nitrogens with one attached hydrogen (secondary N) is 2. The van der Waals surface area contributed by atoms with E-state index in [2.05, 4.69) is 45.3 Å². The van der Waals surface area contributed by atoms with Crippen LogP contribution in [0.4, 0.5) is 0 Å². The first-order chi connectivity index (χ1) is 10.8. The van der Waals surface area contributed by atoms with Gasteiger partial charge < -0.3 is 14.7 Å². The summed E-state index contributed by atoms with van der Waals surface area (Å²) < 4.78 is 5.09. The Morgan fingerprint density at radius 2 is 1.82 bits per heavy atom. The van der Waals surface area contributed by atoms with Gasteiger partial charge in [0.25, 0.3) is 0 Å². The highest BCUT2D eigenvalue weighted by molar-refractivity contribution is 5.85. The van der Waals surface area contributed by atoms with Crippen LogP contribution < -0.4 is 4.74 Å². The zero-order chi connectivity index (χ0) is 14.9. The van der Waals surface area contributed by atoms with Crippen LogP contribution in [-0.2, 0) is 0 Å². The largest absolute Gasteiger partial charge is 0.481 e. The molecule has 0 bridgehead atoms. The molecule has 0 unspecified atom stereocenters. The first-order valence-corrected chi connectivity index (χ1v) is 7.10. The van der Waals surface area contributed by atoms with E-state index in [0.29, 0.717) is 5.88 Å². The lowest BCUT2D eigenvalue weighted by Gasteiger charge is -2.00. The highest BCUT2D eigenvalue weighted by Crippen LogP contribution is 2.28. The average Bonchev–Trinajstić information content (AvgIpc) is 3.23. The minimum atomic E-state index is 0.619. The third-order valence-corrected chi connectivity index (χ3v) is 3.83. The lowest BCUT2D eigenvalue weighted by Crippen LogP contribution is -1.86. The van der Waals surface area contributed by atoms with Gasteiger partial charge in [0.05, 0.1) is 7.11 Å². The summed E-state index contributed by atoms with van der Waals surface area (Å²) in [5.41, 5.74) is 5.58. The second-order valence-corrected chi connectivity index (χ2v) is 5.17. The number of pyridine rings is 1. The second kappa shape index (κ2) is 5.07. The maximum atomic E-state index is 5.09. The first-order valence-electron chi connectivity index (χ1n) is 7.10. The van der Waals surface area contributed by atoms with E-state index in [-0.39, 0.29) is 0 Å². The van der Waals surface area contributed by atoms with Gasteiger partial charge in [0.15, 0.2) is 0 Å². The van der Waals surface area contributed by atoms with E-state index in [1.54, 1.807) is 7.11 Å². The number of hydrogen-bond donors (Lipinski definition) is 2. The number of fused-ring (bicyclic) bond motifs is 1. The predicted molar refractivity (Wildman–Crippen MR) is 87.9 cm³/mol. The van der Waals surface area contributed by atoms with Crippen LogP contribution in [0.15, 0.2) is 61.1 Å². The smallest absolute Gasteiger partial charge is 0.212 e. The molecule has 0 fully saturated rings. The molecular formula is C18H15N3O. The molecule has 22 heavy (non-hydrogen) atoms. The third-order valence-electron chi connectivity index (χ3n) is 3.83. The van der Waals surface area contributed by atoms with E-state index < -0.39 is 0 Å². The SMILES string of the molecule is COc1ccc(-c2cc(-c3ccc4[nH]ccc4c3)c[nH]2)cn1. The maximum absolute atomic E-state index is 5.09. The Morgan fingerprint density at radius 1 is 0.909 bits per heavy atom. The molecule has 1 aromatic carbocycles. The fourth-order valence-corrected chi connectivity index (χ4v) is 2.62. The lowest BCUT2D eigenvalue weighted by atomic mass is 10.1. The highest BCUT2D eigenvalue weighted by atomic mass is 16.5. The molecular weight excluding hydrogens is 274 g/mol. The van der Waals surface area contributed by atoms with Gasteiger partial charge in [-0.1, -0.05) is 6.07 Å². The minimum absolute atomic E-state index is 0.619. The molecule has 0 spiro atoms. The number of benzene rings is 1. The molecule has 0 saturated carbocycles. The molecule has 4 rings (SSSR count). The normalized spacial score (nSPS) is 11.0. The summed E-state index contributed by atoms with van der Waals surface area (Å²) in [6.45, 7) is 0. The molecule has 108 valence electrons. The van der Waals surface area contributed by atoms with Crippen LogP contribution >= 0.6 is 0 Å². The zero-order valence-electron chi connectivity index (χ0n) is 12.1. The Morgan fingerprint density at radius 3 is 2.64 bits per heavy atom. The summed E-state index contributed by atoms with van der Waals surface area (Å²) in [4.78, 5) is 10.8. The maximum Gasteiger partial charge on any atom is 0.212 e. The molecule has 0 aliphatic carbocycles. The van der Waals surface area contributed by atoms with Crippen molar-refractivity contribution in [3.05, 3.63) is 61.1 Å². The molecule has 0 atom stereocenters. The number of rotatable bonds is 3. The Labute approximate surface area is 127 Å². The van der Waals surface area contributed by atoms with Crippen LogP contribution in [0, 0.1) is 0 Å². The van der Waals surface area contributed by atoms with E-state index in [4.69, 9.17) is 4.74 Å². The minimum Gasteiger partial charge on any atom is -0.481 e. The molecule has 0 radical (unpaired) electrons. The van der Waals surface area contributed by atoms with Crippen LogP contribution in [0.5, 0.6) is 5.88 Å². The van der Waals surface area contributed by atoms with Gasteiger partial charge in [0.1, 0.15) is 0 Å². The van der Waals surface area contributed by atoms with Gasteiger partial charge in [-0.2, -0.15) is 0 Å². The molecule has 4 nitrogen and oxygen atoms in total. The summed E-state index contributed by atoms with van der Waals surface area (Å²) in [6, 6.07) is 14.5. The van der Waals surface area contributed by atoms with Crippen molar-refractivity contribution < 1.29 is 4.74 Å². The van der Waals surface area contributed by atoms with E-state index >= 15 is 0 Å². The summed E-state index contributed by atoms with van der Waals surface area (Å²) in [5.74, 6) is 0.619. The summed E-state index contributed by atoms with van der Waals surface area (Å²) >= 11 is 0. The molecule has 0 amide bonds. The van der Waals surface area contributed by atoms with Crippen molar-refractivity contribution in [3.63, 3.8) is 0 Å². The van der Waals surface area contributed by atoms with Crippen molar-refractivity contribution in [3.8, 4) is 28.3 Å². The number of ether oxygens (including phenoxy) is 1. The molecule has 3 aromatic heterocycles. The van der Waals surface area contributed by atoms with Crippen molar-refractivity contribution in [2.75, 3.05) is 7.11 Å². The van der Waals surface area contributed by atoms with Crippen molar-refractivity contribution in [1.82, 2.24) is 15.0 Å². The van der Waals surface area contributed by atoms with Crippen molar-refractivity contribution in [2.24, 2.45) is 0 Å². The van der Waals surface area contributed by atoms with Gasteiger partial charge in [0.2, 0.25) is 5.88 Å². The predicted octanol–water partition coefficient (Wildman–Crippen LogP) is 4.23. The zero-order valence-corrected chi connectivity index (χ0v) is 12.1. The van der Waals surface area contributed by atoms with E-state index in [1.807, 2.05) is 30.7 Å². The number of methoxy groups -OCH3 is 1. The third kappa shape index (κ3) is 2.15. The molecule has 2 N–H and O–H groups in total. The Balaban J connectivity index is 1.70. The van der Waals surface area contributed by atoms with Gasteiger partial charge in [0, 0.05) is 41.4 Å². The molecule has 4 aromatic rings. The number of H-pyrrole nitrogens is 2. The average molecular weight is 289 g/mol. The summed E-state index contributed by atoms with van der Waals surface area (Å²) in [6.07, 6.45) is 5.79.